The van der Waals surface area contributed by atoms with Gasteiger partial charge >= 0.3 is 0 Å². The molecular formula is C30H37FN4S. The van der Waals surface area contributed by atoms with Crippen LogP contribution in [0.3, 0.4) is 0 Å². The highest BCUT2D eigenvalue weighted by molar-refractivity contribution is 7.94. The molecule has 1 aromatic heterocycles. The SMILES string of the molecule is C=C(/C=C(/NCCCN(C)C(=C)Cc1ccc(C)cc1C)n1ncc(SF)c1C)c1ccccc1C. The molecule has 1 heterocycles. The van der Waals surface area contributed by atoms with Crippen LogP contribution >= 0.6 is 12.1 Å². The van der Waals surface area contributed by atoms with Gasteiger partial charge in [-0.1, -0.05) is 61.2 Å². The van der Waals surface area contributed by atoms with Crippen LogP contribution in [0.4, 0.5) is 3.89 Å². The standard InChI is InChI=1S/C30H37FN4S/c1-21-13-14-27(23(3)17-21)19-25(5)34(7)16-10-15-32-30(35-26(6)29(36-31)20-33-35)18-24(4)28-12-9-8-11-22(28)2/h8-9,11-14,17-18,20,32H,4-5,10,15-16,19H2,1-3,6-7H3/b30-18-. The minimum absolute atomic E-state index is 0.212. The van der Waals surface area contributed by atoms with Gasteiger partial charge < -0.3 is 10.2 Å². The van der Waals surface area contributed by atoms with Crippen LogP contribution in [0.25, 0.3) is 11.4 Å². The van der Waals surface area contributed by atoms with Crippen molar-refractivity contribution in [3.63, 3.8) is 0 Å². The van der Waals surface area contributed by atoms with E-state index in [4.69, 9.17) is 0 Å². The Balaban J connectivity index is 1.66. The molecule has 2 aromatic carbocycles. The van der Waals surface area contributed by atoms with Crippen molar-refractivity contribution in [2.24, 2.45) is 0 Å². The molecule has 0 unspecified atom stereocenters. The third-order valence-corrected chi connectivity index (χ3v) is 7.05. The number of nitrogens with one attached hydrogen (secondary N) is 1. The van der Waals surface area contributed by atoms with Crippen LogP contribution in [0, 0.1) is 27.7 Å². The highest BCUT2D eigenvalue weighted by atomic mass is 32.2. The zero-order valence-electron chi connectivity index (χ0n) is 22.1. The van der Waals surface area contributed by atoms with Gasteiger partial charge in [0.1, 0.15) is 5.82 Å². The monoisotopic (exact) mass is 504 g/mol. The third-order valence-electron chi connectivity index (χ3n) is 6.49. The Labute approximate surface area is 219 Å². The number of halogens is 1. The maximum absolute atomic E-state index is 13.3. The van der Waals surface area contributed by atoms with Crippen molar-refractivity contribution in [1.82, 2.24) is 20.0 Å². The Morgan fingerprint density at radius 2 is 1.86 bits per heavy atom. The van der Waals surface area contributed by atoms with Crippen LogP contribution in [0.1, 0.15) is 39.9 Å². The molecule has 0 atom stereocenters. The molecule has 0 aliphatic rings. The summed E-state index contributed by atoms with van der Waals surface area (Å²) in [5, 5.41) is 7.93. The molecule has 4 nitrogen and oxygen atoms in total. The number of hydrogen-bond donors (Lipinski definition) is 1. The molecule has 0 bridgehead atoms. The molecule has 0 radical (unpaired) electrons. The van der Waals surface area contributed by atoms with Crippen molar-refractivity contribution in [2.45, 2.75) is 45.4 Å². The number of hydrogen-bond acceptors (Lipinski definition) is 4. The minimum Gasteiger partial charge on any atom is -0.378 e. The summed E-state index contributed by atoms with van der Waals surface area (Å²) in [5.74, 6) is 0.776. The molecule has 0 fully saturated rings. The average molecular weight is 505 g/mol. The zero-order valence-corrected chi connectivity index (χ0v) is 22.9. The number of benzene rings is 2. The highest BCUT2D eigenvalue weighted by Gasteiger charge is 2.13. The first kappa shape index (κ1) is 27.3. The lowest BCUT2D eigenvalue weighted by atomic mass is 10.0. The molecule has 36 heavy (non-hydrogen) atoms. The largest absolute Gasteiger partial charge is 0.378 e. The predicted molar refractivity (Wildman–Crippen MR) is 152 cm³/mol. The lowest BCUT2D eigenvalue weighted by Crippen LogP contribution is -2.25. The Bertz CT molecular complexity index is 1260. The van der Waals surface area contributed by atoms with Gasteiger partial charge in [-0.3, -0.25) is 0 Å². The number of likely N-dealkylation sites (N-methyl/N-ethyl adjacent to an activating group) is 1. The van der Waals surface area contributed by atoms with Crippen LogP contribution in [0.2, 0.25) is 0 Å². The van der Waals surface area contributed by atoms with Gasteiger partial charge in [0.2, 0.25) is 0 Å². The summed E-state index contributed by atoms with van der Waals surface area (Å²) in [6.45, 7) is 18.4. The first-order valence-electron chi connectivity index (χ1n) is 12.2. The zero-order chi connectivity index (χ0) is 26.2. The lowest BCUT2D eigenvalue weighted by molar-refractivity contribution is 0.400. The quantitative estimate of drug-likeness (QED) is 0.208. The van der Waals surface area contributed by atoms with Crippen molar-refractivity contribution in [3.05, 3.63) is 107 Å². The fourth-order valence-corrected chi connectivity index (χ4v) is 4.45. The molecule has 0 amide bonds. The number of aryl methyl sites for hydroxylation is 3. The van der Waals surface area contributed by atoms with E-state index in [2.05, 4.69) is 86.6 Å². The Morgan fingerprint density at radius 3 is 2.53 bits per heavy atom. The fraction of sp³-hybridized carbons (Fsp3) is 0.300. The Kier molecular flexibility index (Phi) is 9.59. The molecule has 3 aromatic rings. The van der Waals surface area contributed by atoms with E-state index in [0.29, 0.717) is 4.90 Å². The predicted octanol–water partition coefficient (Wildman–Crippen LogP) is 7.27. The van der Waals surface area contributed by atoms with Gasteiger partial charge in [-0.2, -0.15) is 8.98 Å². The summed E-state index contributed by atoms with van der Waals surface area (Å²) in [5.41, 5.74) is 8.83. The second-order valence-electron chi connectivity index (χ2n) is 9.33. The first-order valence-corrected chi connectivity index (χ1v) is 12.9. The van der Waals surface area contributed by atoms with Crippen molar-refractivity contribution in [2.75, 3.05) is 20.1 Å². The smallest absolute Gasteiger partial charge is 0.128 e. The summed E-state index contributed by atoms with van der Waals surface area (Å²) < 4.78 is 15.1. The van der Waals surface area contributed by atoms with E-state index in [-0.39, 0.29) is 12.1 Å². The van der Waals surface area contributed by atoms with Gasteiger partial charge in [-0.25, -0.2) is 4.68 Å². The van der Waals surface area contributed by atoms with Crippen LogP contribution < -0.4 is 5.32 Å². The molecule has 0 saturated heterocycles. The van der Waals surface area contributed by atoms with Crippen LogP contribution in [0.5, 0.6) is 0 Å². The van der Waals surface area contributed by atoms with E-state index in [0.717, 1.165) is 59.8 Å². The van der Waals surface area contributed by atoms with Crippen molar-refractivity contribution in [3.8, 4) is 0 Å². The molecule has 6 heteroatoms. The van der Waals surface area contributed by atoms with Gasteiger partial charge in [-0.15, -0.1) is 0 Å². The summed E-state index contributed by atoms with van der Waals surface area (Å²) >= 11 is 0.212. The molecule has 190 valence electrons. The van der Waals surface area contributed by atoms with E-state index in [1.165, 1.54) is 16.7 Å². The number of nitrogens with zero attached hydrogens (tertiary/aromatic N) is 3. The van der Waals surface area contributed by atoms with Crippen molar-refractivity contribution < 1.29 is 3.89 Å². The number of allylic oxidation sites excluding steroid dienone is 3. The van der Waals surface area contributed by atoms with Gasteiger partial charge in [0.15, 0.2) is 0 Å². The summed E-state index contributed by atoms with van der Waals surface area (Å²) in [6, 6.07) is 14.7. The van der Waals surface area contributed by atoms with Crippen LogP contribution in [-0.4, -0.2) is 34.8 Å². The molecule has 0 spiro atoms. The van der Waals surface area contributed by atoms with Gasteiger partial charge in [0.25, 0.3) is 0 Å². The van der Waals surface area contributed by atoms with Crippen molar-refractivity contribution in [1.29, 1.82) is 0 Å². The summed E-state index contributed by atoms with van der Waals surface area (Å²) in [7, 11) is 2.09. The molecule has 0 saturated carbocycles. The van der Waals surface area contributed by atoms with E-state index in [9.17, 15) is 3.89 Å². The number of rotatable bonds is 12. The average Bonchev–Trinajstić information content (AvgIpc) is 3.22. The highest BCUT2D eigenvalue weighted by Crippen LogP contribution is 2.26. The van der Waals surface area contributed by atoms with E-state index in [1.54, 1.807) is 10.9 Å². The molecule has 0 aliphatic carbocycles. The summed E-state index contributed by atoms with van der Waals surface area (Å²) in [4.78, 5) is 2.72. The molecule has 1 N–H and O–H groups in total. The maximum atomic E-state index is 13.3. The lowest BCUT2D eigenvalue weighted by Gasteiger charge is -2.23. The van der Waals surface area contributed by atoms with Crippen molar-refractivity contribution >= 4 is 23.5 Å². The van der Waals surface area contributed by atoms with E-state index < -0.39 is 0 Å². The molecular weight excluding hydrogens is 467 g/mol. The van der Waals surface area contributed by atoms with Crippen LogP contribution in [0.15, 0.2) is 78.5 Å². The molecule has 0 aliphatic heterocycles. The number of aromatic nitrogens is 2. The topological polar surface area (TPSA) is 33.1 Å². The van der Waals surface area contributed by atoms with E-state index in [1.807, 2.05) is 25.1 Å². The van der Waals surface area contributed by atoms with Gasteiger partial charge in [-0.05, 0) is 68.0 Å². The van der Waals surface area contributed by atoms with Crippen LogP contribution in [-0.2, 0) is 6.42 Å². The second kappa shape index (κ2) is 12.6. The van der Waals surface area contributed by atoms with Gasteiger partial charge in [0.05, 0.1) is 28.9 Å². The fourth-order valence-electron chi connectivity index (χ4n) is 4.17. The normalized spacial score (nSPS) is 11.4. The van der Waals surface area contributed by atoms with E-state index >= 15 is 0 Å². The second-order valence-corrected chi connectivity index (χ2v) is 9.92. The van der Waals surface area contributed by atoms with Gasteiger partial charge in [0, 0.05) is 32.3 Å². The maximum Gasteiger partial charge on any atom is 0.128 e. The summed E-state index contributed by atoms with van der Waals surface area (Å²) in [6.07, 6.45) is 5.28. The Morgan fingerprint density at radius 1 is 1.11 bits per heavy atom. The third kappa shape index (κ3) is 6.91. The Hall–Kier alpha value is -3.25. The first-order chi connectivity index (χ1) is 17.2. The molecule has 3 rings (SSSR count). The minimum atomic E-state index is 0.212.